The number of hydrogen-bond acceptors (Lipinski definition) is 7. The van der Waals surface area contributed by atoms with Crippen molar-refractivity contribution in [3.05, 3.63) is 58.4 Å². The highest BCUT2D eigenvalue weighted by Gasteiger charge is 2.32. The average molecular weight is 479 g/mol. The van der Waals surface area contributed by atoms with Gasteiger partial charge in [-0.05, 0) is 36.8 Å². The van der Waals surface area contributed by atoms with Crippen LogP contribution in [-0.4, -0.2) is 64.0 Å². The number of carbonyl (C=O) groups is 1. The molecule has 2 aromatic carbocycles. The maximum absolute atomic E-state index is 13.4. The van der Waals surface area contributed by atoms with Gasteiger partial charge in [-0.3, -0.25) is 19.5 Å². The number of sulfone groups is 1. The number of fused-ring (bicyclic) bond motifs is 1. The van der Waals surface area contributed by atoms with Gasteiger partial charge in [-0.25, -0.2) is 17.8 Å². The average Bonchev–Trinajstić information content (AvgIpc) is 3.30. The molecule has 1 aliphatic rings. The Morgan fingerprint density at radius 1 is 1.31 bits per heavy atom. The molecular formula is C20H19FN4O5S2. The Morgan fingerprint density at radius 3 is 2.66 bits per heavy atom. The number of nitro groups is 1. The van der Waals surface area contributed by atoms with Crippen molar-refractivity contribution in [2.75, 3.05) is 24.3 Å². The normalized spacial score (nSPS) is 17.5. The zero-order chi connectivity index (χ0) is 23.0. The molecule has 0 spiro atoms. The van der Waals surface area contributed by atoms with Crippen LogP contribution in [0.1, 0.15) is 6.42 Å². The quantitative estimate of drug-likeness (QED) is 0.304. The topological polar surface area (TPSA) is 115 Å². The highest BCUT2D eigenvalue weighted by Crippen LogP contribution is 2.30. The van der Waals surface area contributed by atoms with Crippen molar-refractivity contribution in [1.82, 2.24) is 14.5 Å². The van der Waals surface area contributed by atoms with Gasteiger partial charge in [0, 0.05) is 30.9 Å². The SMILES string of the molecule is CN(C(=O)CSc1nc2cc([N+](=O)[O-])ccc2n1-c1ccc(F)cc1)[C@@H]1CCS(=O)(=O)C1. The second-order valence-electron chi connectivity index (χ2n) is 7.49. The molecule has 1 aromatic heterocycles. The maximum Gasteiger partial charge on any atom is 0.271 e. The highest BCUT2D eigenvalue weighted by molar-refractivity contribution is 7.99. The van der Waals surface area contributed by atoms with E-state index >= 15 is 0 Å². The molecule has 9 nitrogen and oxygen atoms in total. The first-order chi connectivity index (χ1) is 15.1. The summed E-state index contributed by atoms with van der Waals surface area (Å²) in [4.78, 5) is 29.2. The van der Waals surface area contributed by atoms with Gasteiger partial charge in [-0.15, -0.1) is 0 Å². The van der Waals surface area contributed by atoms with Crippen LogP contribution < -0.4 is 0 Å². The van der Waals surface area contributed by atoms with E-state index in [1.54, 1.807) is 29.8 Å². The van der Waals surface area contributed by atoms with Crippen LogP contribution in [0, 0.1) is 15.9 Å². The van der Waals surface area contributed by atoms with E-state index in [1.807, 2.05) is 0 Å². The van der Waals surface area contributed by atoms with Gasteiger partial charge in [0.2, 0.25) is 5.91 Å². The first-order valence-electron chi connectivity index (χ1n) is 9.66. The van der Waals surface area contributed by atoms with Gasteiger partial charge in [0.25, 0.3) is 5.69 Å². The van der Waals surface area contributed by atoms with Gasteiger partial charge >= 0.3 is 0 Å². The minimum absolute atomic E-state index is 0.000340. The molecule has 1 aliphatic heterocycles. The van der Waals surface area contributed by atoms with E-state index in [-0.39, 0.29) is 34.9 Å². The molecule has 12 heteroatoms. The van der Waals surface area contributed by atoms with Gasteiger partial charge in [-0.1, -0.05) is 11.8 Å². The van der Waals surface area contributed by atoms with Crippen molar-refractivity contribution in [1.29, 1.82) is 0 Å². The first-order valence-corrected chi connectivity index (χ1v) is 12.5. The van der Waals surface area contributed by atoms with Crippen molar-refractivity contribution >= 4 is 44.2 Å². The van der Waals surface area contributed by atoms with Crippen molar-refractivity contribution in [2.45, 2.75) is 17.6 Å². The molecule has 1 saturated heterocycles. The lowest BCUT2D eigenvalue weighted by Gasteiger charge is -2.23. The minimum atomic E-state index is -3.12. The van der Waals surface area contributed by atoms with E-state index in [0.29, 0.717) is 28.3 Å². The Labute approximate surface area is 187 Å². The van der Waals surface area contributed by atoms with Crippen LogP contribution in [0.25, 0.3) is 16.7 Å². The molecule has 0 radical (unpaired) electrons. The van der Waals surface area contributed by atoms with Crippen molar-refractivity contribution in [3.63, 3.8) is 0 Å². The predicted octanol–water partition coefficient (Wildman–Crippen LogP) is 2.81. The number of rotatable bonds is 6. The number of thioether (sulfide) groups is 1. The summed E-state index contributed by atoms with van der Waals surface area (Å²) in [5.74, 6) is -0.633. The number of hydrogen-bond donors (Lipinski definition) is 0. The summed E-state index contributed by atoms with van der Waals surface area (Å²) < 4.78 is 38.6. The van der Waals surface area contributed by atoms with E-state index in [1.165, 1.54) is 29.2 Å². The summed E-state index contributed by atoms with van der Waals surface area (Å²) in [7, 11) is -1.53. The predicted molar refractivity (Wildman–Crippen MR) is 118 cm³/mol. The lowest BCUT2D eigenvalue weighted by molar-refractivity contribution is -0.384. The molecule has 4 rings (SSSR count). The molecule has 1 atom stereocenters. The van der Waals surface area contributed by atoms with E-state index < -0.39 is 20.6 Å². The van der Waals surface area contributed by atoms with E-state index in [0.717, 1.165) is 11.8 Å². The molecule has 32 heavy (non-hydrogen) atoms. The summed E-state index contributed by atoms with van der Waals surface area (Å²) in [5, 5.41) is 11.5. The van der Waals surface area contributed by atoms with Crippen molar-refractivity contribution in [2.24, 2.45) is 0 Å². The van der Waals surface area contributed by atoms with Crippen LogP contribution >= 0.6 is 11.8 Å². The molecular weight excluding hydrogens is 459 g/mol. The van der Waals surface area contributed by atoms with Crippen LogP contribution in [0.3, 0.4) is 0 Å². The molecule has 0 aliphatic carbocycles. The number of nitrogens with zero attached hydrogens (tertiary/aromatic N) is 4. The molecule has 1 amide bonds. The van der Waals surface area contributed by atoms with Crippen molar-refractivity contribution < 1.29 is 22.5 Å². The van der Waals surface area contributed by atoms with Crippen LogP contribution in [0.2, 0.25) is 0 Å². The number of halogens is 1. The highest BCUT2D eigenvalue weighted by atomic mass is 32.2. The first kappa shape index (κ1) is 22.2. The lowest BCUT2D eigenvalue weighted by atomic mass is 10.2. The Hall–Kier alpha value is -2.99. The van der Waals surface area contributed by atoms with E-state index in [4.69, 9.17) is 0 Å². The molecule has 1 fully saturated rings. The molecule has 168 valence electrons. The zero-order valence-corrected chi connectivity index (χ0v) is 18.6. The van der Waals surface area contributed by atoms with Crippen LogP contribution in [-0.2, 0) is 14.6 Å². The van der Waals surface area contributed by atoms with Crippen LogP contribution in [0.4, 0.5) is 10.1 Å². The maximum atomic E-state index is 13.4. The number of nitro benzene ring substituents is 1. The van der Waals surface area contributed by atoms with Crippen LogP contribution in [0.15, 0.2) is 47.6 Å². The Bertz CT molecular complexity index is 1310. The second kappa shape index (κ2) is 8.51. The van der Waals surface area contributed by atoms with Gasteiger partial charge in [-0.2, -0.15) is 0 Å². The number of imidazole rings is 1. The Kier molecular flexibility index (Phi) is 5.91. The third-order valence-electron chi connectivity index (χ3n) is 5.38. The van der Waals surface area contributed by atoms with Gasteiger partial charge < -0.3 is 4.90 Å². The summed E-state index contributed by atoms with van der Waals surface area (Å²) in [5.41, 5.74) is 1.42. The van der Waals surface area contributed by atoms with Crippen LogP contribution in [0.5, 0.6) is 0 Å². The fourth-order valence-electron chi connectivity index (χ4n) is 3.61. The minimum Gasteiger partial charge on any atom is -0.341 e. The fraction of sp³-hybridized carbons (Fsp3) is 0.300. The molecule has 3 aromatic rings. The van der Waals surface area contributed by atoms with Gasteiger partial charge in [0.05, 0.1) is 33.2 Å². The summed E-state index contributed by atoms with van der Waals surface area (Å²) in [6.45, 7) is 0. The largest absolute Gasteiger partial charge is 0.341 e. The lowest BCUT2D eigenvalue weighted by Crippen LogP contribution is -2.38. The third-order valence-corrected chi connectivity index (χ3v) is 8.05. The van der Waals surface area contributed by atoms with Gasteiger partial charge in [0.1, 0.15) is 5.82 Å². The van der Waals surface area contributed by atoms with E-state index in [2.05, 4.69) is 4.98 Å². The summed E-state index contributed by atoms with van der Waals surface area (Å²) in [6, 6.07) is 9.60. The standard InChI is InChI=1S/C20H19FN4O5S2/c1-23(16-8-9-32(29,30)12-16)19(26)11-31-20-22-17-10-15(25(27)28)6-7-18(17)24(20)14-4-2-13(21)3-5-14/h2-7,10,16H,8-9,11-12H2,1H3/t16-/m1/s1. The summed E-state index contributed by atoms with van der Waals surface area (Å²) >= 11 is 1.13. The summed E-state index contributed by atoms with van der Waals surface area (Å²) in [6.07, 6.45) is 0.410. The third kappa shape index (κ3) is 4.46. The fourth-order valence-corrected chi connectivity index (χ4v) is 6.34. The second-order valence-corrected chi connectivity index (χ2v) is 10.7. The van der Waals surface area contributed by atoms with Gasteiger partial charge in [0.15, 0.2) is 15.0 Å². The molecule has 0 N–H and O–H groups in total. The number of amides is 1. The molecule has 2 heterocycles. The smallest absolute Gasteiger partial charge is 0.271 e. The molecule has 0 saturated carbocycles. The molecule has 0 bridgehead atoms. The number of benzene rings is 2. The monoisotopic (exact) mass is 478 g/mol. The molecule has 0 unspecified atom stereocenters. The number of non-ortho nitro benzene ring substituents is 1. The number of carbonyl (C=O) groups excluding carboxylic acids is 1. The Morgan fingerprint density at radius 2 is 2.03 bits per heavy atom. The Balaban J connectivity index is 1.63. The van der Waals surface area contributed by atoms with E-state index in [9.17, 15) is 27.7 Å². The van der Waals surface area contributed by atoms with Crippen molar-refractivity contribution in [3.8, 4) is 5.69 Å². The number of aromatic nitrogens is 2. The zero-order valence-electron chi connectivity index (χ0n) is 17.0.